The van der Waals surface area contributed by atoms with E-state index < -0.39 is 53.7 Å². The fourth-order valence-electron chi connectivity index (χ4n) is 2.37. The molecule has 0 bridgehead atoms. The van der Waals surface area contributed by atoms with E-state index >= 15 is 0 Å². The molecule has 0 aliphatic carbocycles. The SMILES string of the molecule is CCOC(=O)[C@H](C)N[P+](=O)OC[C@H]1O[C@@H](n2ccc(=O)[nH]c2=O)[C@](Cl)(Br)[C@@H]1O. The van der Waals surface area contributed by atoms with Gasteiger partial charge in [-0.05, 0) is 18.4 Å². The first-order chi connectivity index (χ1) is 13.1. The summed E-state index contributed by atoms with van der Waals surface area (Å²) in [6.07, 6.45) is -2.43. The maximum Gasteiger partial charge on any atom is 0.613 e. The van der Waals surface area contributed by atoms with Gasteiger partial charge in [0.2, 0.25) is 0 Å². The van der Waals surface area contributed by atoms with Crippen LogP contribution in [-0.2, 0) is 23.4 Å². The quantitative estimate of drug-likeness (QED) is 0.259. The Labute approximate surface area is 173 Å². The monoisotopic (exact) mass is 502 g/mol. The van der Waals surface area contributed by atoms with Crippen LogP contribution in [0.15, 0.2) is 21.9 Å². The van der Waals surface area contributed by atoms with Crippen LogP contribution in [0.4, 0.5) is 0 Å². The van der Waals surface area contributed by atoms with E-state index in [0.717, 1.165) is 10.6 Å². The summed E-state index contributed by atoms with van der Waals surface area (Å²) in [6, 6.07) is 0.229. The normalized spacial score (nSPS) is 28.8. The van der Waals surface area contributed by atoms with Gasteiger partial charge in [0.25, 0.3) is 5.56 Å². The highest BCUT2D eigenvalue weighted by atomic mass is 79.9. The molecule has 1 aromatic rings. The van der Waals surface area contributed by atoms with Gasteiger partial charge in [-0.3, -0.25) is 19.1 Å². The molecule has 0 amide bonds. The minimum absolute atomic E-state index is 0.180. The lowest BCUT2D eigenvalue weighted by Crippen LogP contribution is -2.40. The van der Waals surface area contributed by atoms with Gasteiger partial charge in [-0.2, -0.15) is 0 Å². The summed E-state index contributed by atoms with van der Waals surface area (Å²) in [5.74, 6) is -0.593. The Morgan fingerprint density at radius 1 is 1.61 bits per heavy atom. The molecule has 2 heterocycles. The van der Waals surface area contributed by atoms with Crippen molar-refractivity contribution in [3.05, 3.63) is 33.1 Å². The summed E-state index contributed by atoms with van der Waals surface area (Å²) in [4.78, 5) is 36.7. The number of carbonyl (C=O) groups excluding carboxylic acids is 1. The second-order valence-corrected chi connectivity index (χ2v) is 9.24. The van der Waals surface area contributed by atoms with Gasteiger partial charge in [-0.25, -0.2) is 4.79 Å². The van der Waals surface area contributed by atoms with Gasteiger partial charge in [-0.15, -0.1) is 4.52 Å². The van der Waals surface area contributed by atoms with Crippen molar-refractivity contribution in [3.8, 4) is 0 Å². The van der Waals surface area contributed by atoms with Crippen LogP contribution in [0.3, 0.4) is 0 Å². The molecule has 0 spiro atoms. The smallest absolute Gasteiger partial charge is 0.465 e. The maximum atomic E-state index is 12.0. The van der Waals surface area contributed by atoms with Crippen LogP contribution < -0.4 is 16.3 Å². The Morgan fingerprint density at radius 3 is 2.89 bits per heavy atom. The molecule has 2 rings (SSSR count). The van der Waals surface area contributed by atoms with Crippen LogP contribution in [0.25, 0.3) is 0 Å². The lowest BCUT2D eigenvalue weighted by atomic mass is 10.2. The van der Waals surface area contributed by atoms with E-state index in [4.69, 9.17) is 25.6 Å². The first-order valence-corrected chi connectivity index (χ1v) is 10.5. The molecule has 1 saturated heterocycles. The van der Waals surface area contributed by atoms with E-state index in [1.54, 1.807) is 6.92 Å². The van der Waals surface area contributed by atoms with Gasteiger partial charge in [-0.1, -0.05) is 32.6 Å². The number of esters is 1. The van der Waals surface area contributed by atoms with Crippen molar-refractivity contribution in [2.24, 2.45) is 0 Å². The predicted octanol–water partition coefficient (Wildman–Crippen LogP) is 0.340. The van der Waals surface area contributed by atoms with Crippen molar-refractivity contribution in [2.45, 2.75) is 42.1 Å². The fraction of sp³-hybridized carbons (Fsp3) is 0.643. The number of aromatic nitrogens is 2. The standard InChI is InChI=1S/C14H18BrClN3O8P/c1-3-25-11(22)7(2)18-28(24)26-6-8-10(21)14(15,16)12(27-8)19-5-4-9(20)17-13(19)23/h4-5,7-8,10,12,21H,3,6H2,1-2H3,(H-,17,18,20,23,24)/p+1/t7-,8+,10+,12+,14-/m0/s1. The van der Waals surface area contributed by atoms with Crippen molar-refractivity contribution in [1.82, 2.24) is 14.6 Å². The minimum atomic E-state index is -2.47. The molecule has 11 nitrogen and oxygen atoms in total. The number of halogens is 2. The molecule has 1 unspecified atom stereocenters. The Morgan fingerprint density at radius 2 is 2.29 bits per heavy atom. The van der Waals surface area contributed by atoms with Crippen LogP contribution in [0.1, 0.15) is 20.1 Å². The topological polar surface area (TPSA) is 149 Å². The summed E-state index contributed by atoms with van der Waals surface area (Å²) in [6.45, 7) is 2.92. The molecule has 0 saturated carbocycles. The van der Waals surface area contributed by atoms with Gasteiger partial charge >= 0.3 is 19.8 Å². The van der Waals surface area contributed by atoms with Crippen molar-refractivity contribution in [2.75, 3.05) is 13.2 Å². The average Bonchev–Trinajstić information content (AvgIpc) is 2.83. The highest BCUT2D eigenvalue weighted by Gasteiger charge is 2.56. The summed E-state index contributed by atoms with van der Waals surface area (Å²) < 4.78 is 26.8. The molecule has 0 aromatic carbocycles. The number of rotatable bonds is 8. The number of aliphatic hydroxyl groups is 1. The van der Waals surface area contributed by atoms with Crippen LogP contribution >= 0.6 is 35.7 Å². The van der Waals surface area contributed by atoms with Crippen molar-refractivity contribution < 1.29 is 28.5 Å². The number of alkyl halides is 2. The van der Waals surface area contributed by atoms with Crippen LogP contribution in [0, 0.1) is 0 Å². The van der Waals surface area contributed by atoms with Gasteiger partial charge < -0.3 is 14.6 Å². The fourth-order valence-corrected chi connectivity index (χ4v) is 4.07. The Bertz CT molecular complexity index is 846. The first-order valence-electron chi connectivity index (χ1n) is 8.13. The average molecular weight is 504 g/mol. The third kappa shape index (κ3) is 5.26. The molecular weight excluding hydrogens is 484 g/mol. The molecule has 156 valence electrons. The van der Waals surface area contributed by atoms with E-state index in [2.05, 4.69) is 26.0 Å². The zero-order valence-electron chi connectivity index (χ0n) is 14.8. The van der Waals surface area contributed by atoms with Crippen molar-refractivity contribution in [3.63, 3.8) is 0 Å². The third-order valence-corrected chi connectivity index (χ3v) is 6.03. The Hall–Kier alpha value is -1.14. The molecular formula is C14H19BrClN3O8P+. The zero-order chi connectivity index (χ0) is 21.1. The van der Waals surface area contributed by atoms with Crippen molar-refractivity contribution in [1.29, 1.82) is 0 Å². The summed E-state index contributed by atoms with van der Waals surface area (Å²) in [7, 11) is -2.47. The minimum Gasteiger partial charge on any atom is -0.465 e. The van der Waals surface area contributed by atoms with Crippen molar-refractivity contribution >= 4 is 41.7 Å². The number of hydrogen-bond acceptors (Lipinski definition) is 8. The van der Waals surface area contributed by atoms with Gasteiger partial charge in [0.05, 0.1) is 6.61 Å². The third-order valence-electron chi connectivity index (χ3n) is 3.78. The first kappa shape index (κ1) is 23.1. The lowest BCUT2D eigenvalue weighted by molar-refractivity contribution is -0.144. The second-order valence-electron chi connectivity index (χ2n) is 5.82. The highest BCUT2D eigenvalue weighted by Crippen LogP contribution is 2.47. The van der Waals surface area contributed by atoms with E-state index in [9.17, 15) is 24.1 Å². The summed E-state index contributed by atoms with van der Waals surface area (Å²) in [5.41, 5.74) is -1.39. The van der Waals surface area contributed by atoms with E-state index in [0.29, 0.717) is 0 Å². The largest absolute Gasteiger partial charge is 0.613 e. The van der Waals surface area contributed by atoms with Crippen LogP contribution in [0.5, 0.6) is 0 Å². The number of hydrogen-bond donors (Lipinski definition) is 3. The summed E-state index contributed by atoms with van der Waals surface area (Å²) in [5, 5.41) is 12.8. The van der Waals surface area contributed by atoms with Gasteiger partial charge in [0, 0.05) is 12.3 Å². The van der Waals surface area contributed by atoms with Crippen LogP contribution in [0.2, 0.25) is 0 Å². The molecule has 1 fully saturated rings. The second kappa shape index (κ2) is 9.57. The Balaban J connectivity index is 2.02. The Kier molecular flexibility index (Phi) is 7.91. The molecule has 1 aromatic heterocycles. The molecule has 1 aliphatic heterocycles. The number of H-pyrrole nitrogens is 1. The molecule has 1 aliphatic rings. The number of ether oxygens (including phenoxy) is 2. The van der Waals surface area contributed by atoms with E-state index in [1.807, 2.05) is 0 Å². The number of nitrogens with one attached hydrogen (secondary N) is 2. The molecule has 28 heavy (non-hydrogen) atoms. The molecule has 0 radical (unpaired) electrons. The highest BCUT2D eigenvalue weighted by molar-refractivity contribution is 9.10. The zero-order valence-corrected chi connectivity index (χ0v) is 18.1. The van der Waals surface area contributed by atoms with Gasteiger partial charge in [0.1, 0.15) is 24.9 Å². The van der Waals surface area contributed by atoms with Crippen LogP contribution in [-0.4, -0.2) is 55.9 Å². The maximum absolute atomic E-state index is 12.0. The number of nitrogens with zero attached hydrogens (tertiary/aromatic N) is 1. The summed E-state index contributed by atoms with van der Waals surface area (Å²) >= 11 is 9.41. The van der Waals surface area contributed by atoms with E-state index in [-0.39, 0.29) is 13.2 Å². The molecule has 6 atom stereocenters. The van der Waals surface area contributed by atoms with E-state index in [1.165, 1.54) is 13.1 Å². The molecule has 14 heteroatoms. The number of aliphatic hydroxyl groups excluding tert-OH is 1. The predicted molar refractivity (Wildman–Crippen MR) is 102 cm³/mol. The number of carbonyl (C=O) groups is 1. The van der Waals surface area contributed by atoms with Gasteiger partial charge in [0.15, 0.2) is 10.0 Å². The lowest BCUT2D eigenvalue weighted by Gasteiger charge is -2.24. The number of aromatic amines is 1. The molecule has 3 N–H and O–H groups in total.